The summed E-state index contributed by atoms with van der Waals surface area (Å²) >= 11 is 0. The van der Waals surface area contributed by atoms with Gasteiger partial charge in [-0.1, -0.05) is 13.2 Å². The van der Waals surface area contributed by atoms with E-state index < -0.39 is 68.0 Å². The fourth-order valence-corrected chi connectivity index (χ4v) is 2.52. The third-order valence-corrected chi connectivity index (χ3v) is 4.35. The number of hydrogen-bond acceptors (Lipinski definition) is 13. The predicted octanol–water partition coefficient (Wildman–Crippen LogP) is 0.557. The predicted molar refractivity (Wildman–Crippen MR) is 132 cm³/mol. The fraction of sp³-hybridized carbons (Fsp3) is 0.583. The second kappa shape index (κ2) is 21.9. The molecule has 2 amide bonds. The van der Waals surface area contributed by atoms with Gasteiger partial charge in [0.2, 0.25) is 0 Å². The summed E-state index contributed by atoms with van der Waals surface area (Å²) in [5, 5.41) is 4.80. The first-order valence-corrected chi connectivity index (χ1v) is 11.9. The molecular weight excluding hydrogens is 524 g/mol. The first kappa shape index (κ1) is 34.9. The van der Waals surface area contributed by atoms with Crippen molar-refractivity contribution in [2.75, 3.05) is 53.3 Å². The van der Waals surface area contributed by atoms with Crippen LogP contribution in [-0.4, -0.2) is 102 Å². The largest absolute Gasteiger partial charge is 0.464 e. The molecule has 0 fully saturated rings. The second-order valence-corrected chi connectivity index (χ2v) is 7.36. The van der Waals surface area contributed by atoms with Gasteiger partial charge in [0.25, 0.3) is 0 Å². The summed E-state index contributed by atoms with van der Waals surface area (Å²) in [4.78, 5) is 70.4. The normalized spacial score (nSPS) is 10.8. The molecule has 15 heteroatoms. The molecule has 1 atom stereocenters. The van der Waals surface area contributed by atoms with Gasteiger partial charge in [-0.05, 0) is 26.2 Å². The summed E-state index contributed by atoms with van der Waals surface area (Å²) in [7, 11) is 1.45. The van der Waals surface area contributed by atoms with Gasteiger partial charge in [0, 0.05) is 25.8 Å². The molecule has 39 heavy (non-hydrogen) atoms. The van der Waals surface area contributed by atoms with Gasteiger partial charge in [0.1, 0.15) is 25.9 Å². The number of alkyl carbamates (subject to hydrolysis) is 2. The van der Waals surface area contributed by atoms with Crippen molar-refractivity contribution in [3.63, 3.8) is 0 Å². The molecule has 0 radical (unpaired) electrons. The average molecular weight is 561 g/mol. The van der Waals surface area contributed by atoms with Gasteiger partial charge in [-0.2, -0.15) is 0 Å². The van der Waals surface area contributed by atoms with Gasteiger partial charge in [0.15, 0.2) is 12.7 Å². The molecule has 0 aliphatic heterocycles. The van der Waals surface area contributed by atoms with E-state index in [1.807, 2.05) is 0 Å². The summed E-state index contributed by atoms with van der Waals surface area (Å²) in [6, 6.07) is -1.10. The number of amides is 2. The van der Waals surface area contributed by atoms with Crippen LogP contribution in [0, 0.1) is 0 Å². The Kier molecular flexibility index (Phi) is 19.6. The maximum atomic E-state index is 12.4. The molecule has 0 aromatic heterocycles. The van der Waals surface area contributed by atoms with Gasteiger partial charge in [-0.25, -0.2) is 28.8 Å². The summed E-state index contributed by atoms with van der Waals surface area (Å²) in [6.45, 7) is 7.10. The zero-order valence-corrected chi connectivity index (χ0v) is 22.1. The third-order valence-electron chi connectivity index (χ3n) is 4.35. The average Bonchev–Trinajstić information content (AvgIpc) is 2.92. The Morgan fingerprint density at radius 1 is 0.821 bits per heavy atom. The Labute approximate surface area is 226 Å². The van der Waals surface area contributed by atoms with Crippen molar-refractivity contribution in [2.45, 2.75) is 38.3 Å². The topological polar surface area (TPSA) is 191 Å². The highest BCUT2D eigenvalue weighted by atomic mass is 16.6. The van der Waals surface area contributed by atoms with E-state index in [1.54, 1.807) is 6.92 Å². The van der Waals surface area contributed by atoms with Crippen molar-refractivity contribution in [2.24, 2.45) is 0 Å². The van der Waals surface area contributed by atoms with Crippen LogP contribution in [0.5, 0.6) is 0 Å². The number of nitrogens with one attached hydrogen (secondary N) is 2. The standard InChI is InChI=1S/C24H36N2O13/c1-5-19(27)36-14-17(15-37-20(28)6-2)39-24(32)26-18(22(30)34-7-3)10-8-9-11-25-23(31)38-16-21(29)35-13-12-33-4/h5-6,17-18H,1-2,7-16H2,3-4H3,(H,25,31)(H,26,32). The van der Waals surface area contributed by atoms with Crippen molar-refractivity contribution in [3.05, 3.63) is 25.3 Å². The molecule has 2 N–H and O–H groups in total. The second-order valence-electron chi connectivity index (χ2n) is 7.36. The maximum Gasteiger partial charge on any atom is 0.408 e. The Balaban J connectivity index is 4.68. The molecular formula is C24H36N2O13. The monoisotopic (exact) mass is 560 g/mol. The van der Waals surface area contributed by atoms with E-state index in [4.69, 9.17) is 33.2 Å². The lowest BCUT2D eigenvalue weighted by Crippen LogP contribution is -2.44. The minimum Gasteiger partial charge on any atom is -0.464 e. The molecule has 0 rings (SSSR count). The van der Waals surface area contributed by atoms with Gasteiger partial charge in [-0.15, -0.1) is 0 Å². The van der Waals surface area contributed by atoms with Gasteiger partial charge < -0.3 is 43.8 Å². The van der Waals surface area contributed by atoms with E-state index in [1.165, 1.54) is 7.11 Å². The van der Waals surface area contributed by atoms with E-state index in [2.05, 4.69) is 23.8 Å². The number of ether oxygens (including phenoxy) is 7. The van der Waals surface area contributed by atoms with Crippen LogP contribution in [0.3, 0.4) is 0 Å². The van der Waals surface area contributed by atoms with E-state index >= 15 is 0 Å². The molecule has 0 aromatic rings. The quantitative estimate of drug-likeness (QED) is 0.0909. The Bertz CT molecular complexity index is 807. The number of hydrogen-bond donors (Lipinski definition) is 2. The van der Waals surface area contributed by atoms with Crippen LogP contribution >= 0.6 is 0 Å². The number of carbonyl (C=O) groups excluding carboxylic acids is 6. The lowest BCUT2D eigenvalue weighted by atomic mass is 10.1. The van der Waals surface area contributed by atoms with E-state index in [-0.39, 0.29) is 32.8 Å². The van der Waals surface area contributed by atoms with Crippen molar-refractivity contribution in [3.8, 4) is 0 Å². The van der Waals surface area contributed by atoms with Crippen LogP contribution in [0.15, 0.2) is 25.3 Å². The van der Waals surface area contributed by atoms with Crippen molar-refractivity contribution >= 4 is 36.1 Å². The maximum absolute atomic E-state index is 12.4. The van der Waals surface area contributed by atoms with E-state index in [9.17, 15) is 28.8 Å². The lowest BCUT2D eigenvalue weighted by Gasteiger charge is -2.21. The smallest absolute Gasteiger partial charge is 0.408 e. The van der Waals surface area contributed by atoms with Gasteiger partial charge >= 0.3 is 36.1 Å². The van der Waals surface area contributed by atoms with Crippen LogP contribution < -0.4 is 10.6 Å². The summed E-state index contributed by atoms with van der Waals surface area (Å²) in [6.07, 6.45) is -0.402. The Morgan fingerprint density at radius 3 is 2.03 bits per heavy atom. The number of unbranched alkanes of at least 4 members (excludes halogenated alkanes) is 1. The molecule has 0 heterocycles. The minimum absolute atomic E-state index is 0.0374. The van der Waals surface area contributed by atoms with Crippen molar-refractivity contribution in [1.29, 1.82) is 0 Å². The molecule has 0 bridgehead atoms. The van der Waals surface area contributed by atoms with E-state index in [0.717, 1.165) is 12.2 Å². The lowest BCUT2D eigenvalue weighted by molar-refractivity contribution is -0.148. The summed E-state index contributed by atoms with van der Waals surface area (Å²) < 4.78 is 34.0. The first-order chi connectivity index (χ1) is 18.7. The molecule has 220 valence electrons. The number of rotatable bonds is 20. The molecule has 0 spiro atoms. The van der Waals surface area contributed by atoms with Crippen molar-refractivity contribution in [1.82, 2.24) is 10.6 Å². The number of carbonyl (C=O) groups is 6. The highest BCUT2D eigenvalue weighted by Gasteiger charge is 2.25. The van der Waals surface area contributed by atoms with Crippen molar-refractivity contribution < 1.29 is 61.9 Å². The summed E-state index contributed by atoms with van der Waals surface area (Å²) in [5.41, 5.74) is 0. The Morgan fingerprint density at radius 2 is 1.46 bits per heavy atom. The van der Waals surface area contributed by atoms with Crippen LogP contribution in [0.1, 0.15) is 26.2 Å². The van der Waals surface area contributed by atoms with Crippen LogP contribution in [0.4, 0.5) is 9.59 Å². The molecule has 1 unspecified atom stereocenters. The zero-order chi connectivity index (χ0) is 29.5. The molecule has 0 aliphatic rings. The van der Waals surface area contributed by atoms with Crippen LogP contribution in [0.2, 0.25) is 0 Å². The van der Waals surface area contributed by atoms with Crippen LogP contribution in [0.25, 0.3) is 0 Å². The molecule has 0 saturated heterocycles. The highest BCUT2D eigenvalue weighted by Crippen LogP contribution is 2.06. The molecule has 15 nitrogen and oxygen atoms in total. The van der Waals surface area contributed by atoms with E-state index in [0.29, 0.717) is 12.8 Å². The first-order valence-electron chi connectivity index (χ1n) is 11.9. The minimum atomic E-state index is -1.19. The summed E-state index contributed by atoms with van der Waals surface area (Å²) in [5.74, 6) is -3.02. The zero-order valence-electron chi connectivity index (χ0n) is 22.1. The van der Waals surface area contributed by atoms with Gasteiger partial charge in [-0.3, -0.25) is 0 Å². The number of methoxy groups -OCH3 is 1. The highest BCUT2D eigenvalue weighted by molar-refractivity contribution is 5.82. The molecule has 0 aliphatic carbocycles. The van der Waals surface area contributed by atoms with Gasteiger partial charge in [0.05, 0.1) is 13.2 Å². The third kappa shape index (κ3) is 18.7. The molecule has 0 aromatic carbocycles. The SMILES string of the molecule is C=CC(=O)OCC(COC(=O)C=C)OC(=O)NC(CCCCNC(=O)OCC(=O)OCCOC)C(=O)OCC. The Hall–Kier alpha value is -4.14. The fourth-order valence-electron chi connectivity index (χ4n) is 2.52. The number of esters is 4. The van der Waals surface area contributed by atoms with Crippen LogP contribution in [-0.2, 0) is 52.3 Å². The molecule has 0 saturated carbocycles.